The molecular formula is C24H25FN2O4S2. The van der Waals surface area contributed by atoms with E-state index >= 15 is 0 Å². The van der Waals surface area contributed by atoms with Gasteiger partial charge in [0.1, 0.15) is 11.6 Å². The molecule has 1 amide bonds. The van der Waals surface area contributed by atoms with Crippen molar-refractivity contribution in [2.24, 2.45) is 0 Å². The van der Waals surface area contributed by atoms with Crippen molar-refractivity contribution in [2.75, 3.05) is 25.5 Å². The van der Waals surface area contributed by atoms with E-state index in [4.69, 9.17) is 4.74 Å². The number of sulfonamides is 1. The molecule has 1 aromatic heterocycles. The summed E-state index contributed by atoms with van der Waals surface area (Å²) in [6.45, 7) is 4.19. The van der Waals surface area contributed by atoms with Crippen molar-refractivity contribution in [3.63, 3.8) is 0 Å². The highest BCUT2D eigenvalue weighted by molar-refractivity contribution is 7.89. The fourth-order valence-corrected chi connectivity index (χ4v) is 5.48. The summed E-state index contributed by atoms with van der Waals surface area (Å²) in [4.78, 5) is 14.1. The number of nitrogens with one attached hydrogen (secondary N) is 1. The maximum atomic E-state index is 13.3. The van der Waals surface area contributed by atoms with Crippen LogP contribution in [0.3, 0.4) is 0 Å². The summed E-state index contributed by atoms with van der Waals surface area (Å²) in [5.41, 5.74) is 1.24. The van der Waals surface area contributed by atoms with Gasteiger partial charge in [0.25, 0.3) is 5.91 Å². The highest BCUT2D eigenvalue weighted by Gasteiger charge is 2.24. The maximum Gasteiger partial charge on any atom is 0.257 e. The summed E-state index contributed by atoms with van der Waals surface area (Å²) in [7, 11) is -2.28. The second kappa shape index (κ2) is 10.7. The second-order valence-corrected chi connectivity index (χ2v) is 9.88. The minimum Gasteiger partial charge on any atom is -0.495 e. The zero-order valence-electron chi connectivity index (χ0n) is 18.5. The summed E-state index contributed by atoms with van der Waals surface area (Å²) in [6, 6.07) is 13.8. The Morgan fingerprint density at radius 3 is 2.39 bits per heavy atom. The Hall–Kier alpha value is -3.01. The molecular weight excluding hydrogens is 463 g/mol. The first-order chi connectivity index (χ1) is 15.8. The summed E-state index contributed by atoms with van der Waals surface area (Å²) >= 11 is 1.38. The molecule has 0 saturated carbocycles. The molecule has 33 heavy (non-hydrogen) atoms. The first-order valence-electron chi connectivity index (χ1n) is 10.3. The van der Waals surface area contributed by atoms with Gasteiger partial charge < -0.3 is 10.1 Å². The first kappa shape index (κ1) is 24.6. The van der Waals surface area contributed by atoms with E-state index in [0.717, 1.165) is 0 Å². The molecule has 0 aliphatic heterocycles. The van der Waals surface area contributed by atoms with Gasteiger partial charge in [-0.3, -0.25) is 4.79 Å². The number of carbonyl (C=O) groups excluding carboxylic acids is 1. The largest absolute Gasteiger partial charge is 0.495 e. The van der Waals surface area contributed by atoms with Gasteiger partial charge in [-0.05, 0) is 53.4 Å². The number of hydrogen-bond acceptors (Lipinski definition) is 5. The molecule has 0 unspecified atom stereocenters. The quantitative estimate of drug-likeness (QED) is 0.425. The van der Waals surface area contributed by atoms with Crippen molar-refractivity contribution in [1.29, 1.82) is 0 Å². The number of thiophene rings is 1. The number of hydrogen-bond donors (Lipinski definition) is 1. The van der Waals surface area contributed by atoms with Gasteiger partial charge in [0.15, 0.2) is 0 Å². The molecule has 3 aromatic rings. The molecule has 0 saturated heterocycles. The third-order valence-corrected chi connectivity index (χ3v) is 7.92. The average molecular weight is 489 g/mol. The van der Waals surface area contributed by atoms with Crippen LogP contribution >= 0.6 is 11.3 Å². The number of amides is 1. The molecule has 0 aliphatic rings. The van der Waals surface area contributed by atoms with Crippen LogP contribution in [0.15, 0.2) is 64.9 Å². The average Bonchev–Trinajstić information content (AvgIpc) is 3.33. The topological polar surface area (TPSA) is 75.7 Å². The van der Waals surface area contributed by atoms with Gasteiger partial charge >= 0.3 is 0 Å². The Kier molecular flexibility index (Phi) is 8.01. The molecule has 0 fully saturated rings. The lowest BCUT2D eigenvalue weighted by atomic mass is 10.1. The minimum atomic E-state index is -3.72. The number of benzene rings is 2. The van der Waals surface area contributed by atoms with Crippen LogP contribution in [-0.2, 0) is 14.8 Å². The third-order valence-electron chi connectivity index (χ3n) is 4.97. The van der Waals surface area contributed by atoms with Crippen molar-refractivity contribution >= 4 is 44.6 Å². The Labute approximate surface area is 197 Å². The highest BCUT2D eigenvalue weighted by Crippen LogP contribution is 2.31. The number of rotatable bonds is 9. The number of ether oxygens (including phenoxy) is 1. The number of methoxy groups -OCH3 is 1. The van der Waals surface area contributed by atoms with Gasteiger partial charge in [-0.2, -0.15) is 4.31 Å². The van der Waals surface area contributed by atoms with Crippen LogP contribution in [0.5, 0.6) is 5.75 Å². The lowest BCUT2D eigenvalue weighted by molar-refractivity contribution is -0.111. The van der Waals surface area contributed by atoms with Gasteiger partial charge in [-0.1, -0.05) is 32.0 Å². The highest BCUT2D eigenvalue weighted by atomic mass is 32.2. The minimum absolute atomic E-state index is 0.0579. The molecule has 9 heteroatoms. The van der Waals surface area contributed by atoms with E-state index in [0.29, 0.717) is 34.9 Å². The van der Waals surface area contributed by atoms with Crippen molar-refractivity contribution in [2.45, 2.75) is 18.7 Å². The van der Waals surface area contributed by atoms with Gasteiger partial charge in [-0.25, -0.2) is 12.8 Å². The SMILES string of the molecule is CCN(CC)S(=O)(=O)c1ccc(OC)c(NC(=O)C(=Cc2ccc(F)cc2)c2cccs2)c1. The van der Waals surface area contributed by atoms with Crippen LogP contribution in [0, 0.1) is 5.82 Å². The molecule has 174 valence electrons. The smallest absolute Gasteiger partial charge is 0.257 e. The molecule has 0 radical (unpaired) electrons. The van der Waals surface area contributed by atoms with Gasteiger partial charge in [-0.15, -0.1) is 11.3 Å². The number of carbonyl (C=O) groups is 1. The normalized spacial score (nSPS) is 12.1. The van der Waals surface area contributed by atoms with E-state index in [1.165, 1.54) is 53.1 Å². The van der Waals surface area contributed by atoms with Crippen molar-refractivity contribution in [3.05, 3.63) is 76.2 Å². The fourth-order valence-electron chi connectivity index (χ4n) is 3.25. The predicted molar refractivity (Wildman–Crippen MR) is 130 cm³/mol. The van der Waals surface area contributed by atoms with E-state index in [-0.39, 0.29) is 16.4 Å². The van der Waals surface area contributed by atoms with Crippen LogP contribution < -0.4 is 10.1 Å². The van der Waals surface area contributed by atoms with E-state index < -0.39 is 15.9 Å². The number of anilines is 1. The lowest BCUT2D eigenvalue weighted by Gasteiger charge is -2.20. The Bertz CT molecular complexity index is 1230. The molecule has 0 aliphatic carbocycles. The molecule has 0 bridgehead atoms. The molecule has 2 aromatic carbocycles. The van der Waals surface area contributed by atoms with E-state index in [1.54, 1.807) is 38.1 Å². The maximum absolute atomic E-state index is 13.3. The van der Waals surface area contributed by atoms with E-state index in [2.05, 4.69) is 5.32 Å². The summed E-state index contributed by atoms with van der Waals surface area (Å²) in [5.74, 6) is -0.489. The molecule has 6 nitrogen and oxygen atoms in total. The zero-order chi connectivity index (χ0) is 24.0. The number of halogens is 1. The number of nitrogens with zero attached hydrogens (tertiary/aromatic N) is 1. The van der Waals surface area contributed by atoms with Crippen LogP contribution in [0.2, 0.25) is 0 Å². The zero-order valence-corrected chi connectivity index (χ0v) is 20.2. The van der Waals surface area contributed by atoms with Crippen molar-refractivity contribution in [1.82, 2.24) is 4.31 Å². The summed E-state index contributed by atoms with van der Waals surface area (Å²) < 4.78 is 45.9. The molecule has 0 atom stereocenters. The lowest BCUT2D eigenvalue weighted by Crippen LogP contribution is -2.30. The summed E-state index contributed by atoms with van der Waals surface area (Å²) in [5, 5.41) is 4.63. The van der Waals surface area contributed by atoms with Crippen LogP contribution in [0.1, 0.15) is 24.3 Å². The van der Waals surface area contributed by atoms with Gasteiger partial charge in [0, 0.05) is 18.0 Å². The molecule has 0 spiro atoms. The molecule has 1 N–H and O–H groups in total. The van der Waals surface area contributed by atoms with Crippen molar-refractivity contribution in [3.8, 4) is 5.75 Å². The Morgan fingerprint density at radius 2 is 1.82 bits per heavy atom. The standard InChI is InChI=1S/C24H25FN2O4S2/c1-4-27(5-2)33(29,30)19-12-13-22(31-3)21(16-19)26-24(28)20(23-7-6-14-32-23)15-17-8-10-18(25)11-9-17/h6-16H,4-5H2,1-3H3,(H,26,28). The van der Waals surface area contributed by atoms with E-state index in [9.17, 15) is 17.6 Å². The third kappa shape index (κ3) is 5.68. The monoisotopic (exact) mass is 488 g/mol. The second-order valence-electron chi connectivity index (χ2n) is 6.99. The first-order valence-corrected chi connectivity index (χ1v) is 12.6. The van der Waals surface area contributed by atoms with E-state index in [1.807, 2.05) is 11.4 Å². The van der Waals surface area contributed by atoms with Crippen LogP contribution in [-0.4, -0.2) is 38.8 Å². The van der Waals surface area contributed by atoms with Crippen LogP contribution in [0.4, 0.5) is 10.1 Å². The van der Waals surface area contributed by atoms with Gasteiger partial charge in [0.2, 0.25) is 10.0 Å². The molecule has 3 rings (SSSR count). The molecule has 1 heterocycles. The van der Waals surface area contributed by atoms with Crippen LogP contribution in [0.25, 0.3) is 11.6 Å². The Morgan fingerprint density at radius 1 is 1.12 bits per heavy atom. The fraction of sp³-hybridized carbons (Fsp3) is 0.208. The Balaban J connectivity index is 2.01. The van der Waals surface area contributed by atoms with Crippen molar-refractivity contribution < 1.29 is 22.3 Å². The summed E-state index contributed by atoms with van der Waals surface area (Å²) in [6.07, 6.45) is 1.66. The van der Waals surface area contributed by atoms with Gasteiger partial charge in [0.05, 0.1) is 23.3 Å². The predicted octanol–water partition coefficient (Wildman–Crippen LogP) is 5.11.